The predicted octanol–water partition coefficient (Wildman–Crippen LogP) is 5.07. The zero-order valence-electron chi connectivity index (χ0n) is 27.3. The molecule has 0 spiro atoms. The first-order valence-electron chi connectivity index (χ1n) is 16.5. The molecule has 1 saturated heterocycles. The zero-order chi connectivity index (χ0) is 35.8. The Morgan fingerprint density at radius 2 is 1.70 bits per heavy atom. The first-order chi connectivity index (χ1) is 24.0. The highest BCUT2D eigenvalue weighted by Gasteiger charge is 2.40. The Morgan fingerprint density at radius 1 is 0.960 bits per heavy atom. The number of amides is 2. The first-order valence-corrected chi connectivity index (χ1v) is 16.9. The Kier molecular flexibility index (Phi) is 12.6. The van der Waals surface area contributed by atoms with Crippen molar-refractivity contribution in [1.82, 2.24) is 15.5 Å². The van der Waals surface area contributed by atoms with Crippen LogP contribution in [0.5, 0.6) is 5.75 Å². The molecular weight excluding hydrogens is 675 g/mol. The number of aliphatic hydroxyl groups excluding tert-OH is 1. The molecular formula is C37H39ClF3N3O6. The highest BCUT2D eigenvalue weighted by Crippen LogP contribution is 2.34. The maximum absolute atomic E-state index is 13.9. The number of fused-ring (bicyclic) bond motifs is 2. The fraction of sp³-hybridized carbons (Fsp3) is 0.378. The van der Waals surface area contributed by atoms with Crippen molar-refractivity contribution in [3.8, 4) is 5.75 Å². The summed E-state index contributed by atoms with van der Waals surface area (Å²) in [7, 11) is 0. The molecule has 1 fully saturated rings. The summed E-state index contributed by atoms with van der Waals surface area (Å²) in [5.74, 6) is -6.11. The number of carbonyl (C=O) groups is 3. The Labute approximate surface area is 293 Å². The predicted molar refractivity (Wildman–Crippen MR) is 181 cm³/mol. The summed E-state index contributed by atoms with van der Waals surface area (Å²) >= 11 is 6.29. The fourth-order valence-corrected chi connectivity index (χ4v) is 6.66. The number of aliphatic hydroxyl groups is 1. The molecule has 4 N–H and O–H groups in total. The zero-order valence-corrected chi connectivity index (χ0v) is 28.0. The second-order valence-electron chi connectivity index (χ2n) is 12.5. The molecule has 2 amide bonds. The number of nitrogens with one attached hydrogen (secondary N) is 2. The summed E-state index contributed by atoms with van der Waals surface area (Å²) in [6, 6.07) is 16.0. The third-order valence-corrected chi connectivity index (χ3v) is 9.22. The number of hydrogen-bond acceptors (Lipinski definition) is 6. The van der Waals surface area contributed by atoms with E-state index in [9.17, 15) is 32.7 Å². The van der Waals surface area contributed by atoms with Crippen LogP contribution in [0.25, 0.3) is 5.57 Å². The van der Waals surface area contributed by atoms with Crippen molar-refractivity contribution in [2.45, 2.75) is 63.1 Å². The van der Waals surface area contributed by atoms with Crippen LogP contribution in [0.4, 0.5) is 13.2 Å². The van der Waals surface area contributed by atoms with Crippen LogP contribution in [0.2, 0.25) is 5.02 Å². The van der Waals surface area contributed by atoms with Crippen molar-refractivity contribution in [2.75, 3.05) is 26.2 Å². The van der Waals surface area contributed by atoms with E-state index in [1.165, 1.54) is 0 Å². The Bertz CT molecular complexity index is 1740. The normalized spacial score (nSPS) is 17.7. The first kappa shape index (κ1) is 36.9. The molecule has 2 bridgehead atoms. The molecule has 0 saturated carbocycles. The molecule has 2 aliphatic rings. The monoisotopic (exact) mass is 713 g/mol. The van der Waals surface area contributed by atoms with E-state index in [0.29, 0.717) is 61.9 Å². The third-order valence-electron chi connectivity index (χ3n) is 8.85. The largest absolute Gasteiger partial charge is 0.488 e. The van der Waals surface area contributed by atoms with Crippen LogP contribution in [0, 0.1) is 17.5 Å². The molecule has 0 aromatic heterocycles. The van der Waals surface area contributed by atoms with E-state index in [4.69, 9.17) is 21.4 Å². The van der Waals surface area contributed by atoms with Crippen LogP contribution in [-0.2, 0) is 27.2 Å². The number of aliphatic carboxylic acids is 1. The number of carboxylic acid groups (broad SMARTS) is 1. The van der Waals surface area contributed by atoms with Gasteiger partial charge in [0.2, 0.25) is 17.6 Å². The molecule has 0 aliphatic carbocycles. The van der Waals surface area contributed by atoms with Crippen molar-refractivity contribution >= 4 is 35.0 Å². The number of hydrogen-bond donors (Lipinski definition) is 4. The molecule has 13 heteroatoms. The Hall–Kier alpha value is -4.39. The van der Waals surface area contributed by atoms with Gasteiger partial charge in [0.25, 0.3) is 0 Å². The highest BCUT2D eigenvalue weighted by molar-refractivity contribution is 6.31. The summed E-state index contributed by atoms with van der Waals surface area (Å²) in [4.78, 5) is 39.5. The van der Waals surface area contributed by atoms with Gasteiger partial charge in [0.1, 0.15) is 0 Å². The van der Waals surface area contributed by atoms with Crippen molar-refractivity contribution in [3.05, 3.63) is 105 Å². The third kappa shape index (κ3) is 9.43. The minimum Gasteiger partial charge on any atom is -0.488 e. The number of carboxylic acids is 1. The number of halogens is 4. The standard InChI is InChI=1S/C37H39ClF3N3O6/c38-28-8-2-1-6-24(28)7-3-15-42-37(49)34-27(17-25-20-44(21-31(34)43-25)32(46)18-26(45)19-33(47)48)23-11-9-22(10-12-23)5-4-16-50-36-30(40)14-13-29(39)35(36)41/h1-2,6,8-14,25-26,31,43,45H,3-5,7,15-21H2,(H,42,49)(H,47,48)/t25-,26+,31-/m1/s1. The second kappa shape index (κ2) is 17.0. The van der Waals surface area contributed by atoms with Gasteiger partial charge < -0.3 is 30.5 Å². The average Bonchev–Trinajstić information content (AvgIpc) is 3.08. The lowest BCUT2D eigenvalue weighted by molar-refractivity contribution is -0.141. The van der Waals surface area contributed by atoms with Gasteiger partial charge in [-0.2, -0.15) is 4.39 Å². The van der Waals surface area contributed by atoms with Gasteiger partial charge in [0.05, 0.1) is 31.6 Å². The molecule has 3 aromatic carbocycles. The molecule has 0 unspecified atom stereocenters. The van der Waals surface area contributed by atoms with E-state index in [1.807, 2.05) is 48.5 Å². The Morgan fingerprint density at radius 3 is 2.44 bits per heavy atom. The van der Waals surface area contributed by atoms with Gasteiger partial charge in [0.15, 0.2) is 17.4 Å². The van der Waals surface area contributed by atoms with Crippen molar-refractivity contribution in [2.24, 2.45) is 0 Å². The molecule has 2 heterocycles. The molecule has 3 aromatic rings. The molecule has 3 atom stereocenters. The molecule has 50 heavy (non-hydrogen) atoms. The molecule has 5 rings (SSSR count). The quantitative estimate of drug-likeness (QED) is 0.128. The lowest BCUT2D eigenvalue weighted by Gasteiger charge is -2.44. The summed E-state index contributed by atoms with van der Waals surface area (Å²) < 4.78 is 46.4. The maximum atomic E-state index is 13.9. The SMILES string of the molecule is O=C(O)C[C@@H](O)CC(=O)N1C[C@H]2CC(c3ccc(CCCOc4c(F)ccc(F)c4F)cc3)=C(C(=O)NCCCc3ccccc3Cl)[C@@H](C1)N2. The maximum Gasteiger partial charge on any atom is 0.305 e. The van der Waals surface area contributed by atoms with Crippen LogP contribution in [0.15, 0.2) is 66.2 Å². The summed E-state index contributed by atoms with van der Waals surface area (Å²) in [6.45, 7) is 0.871. The summed E-state index contributed by atoms with van der Waals surface area (Å²) in [5, 5.41) is 26.2. The van der Waals surface area contributed by atoms with Crippen LogP contribution >= 0.6 is 11.6 Å². The van der Waals surface area contributed by atoms with Gasteiger partial charge in [-0.1, -0.05) is 54.1 Å². The van der Waals surface area contributed by atoms with E-state index in [2.05, 4.69) is 10.6 Å². The van der Waals surface area contributed by atoms with E-state index in [-0.39, 0.29) is 37.4 Å². The number of nitrogens with zero attached hydrogens (tertiary/aromatic N) is 1. The van der Waals surface area contributed by atoms with E-state index >= 15 is 0 Å². The van der Waals surface area contributed by atoms with E-state index < -0.39 is 47.7 Å². The molecule has 2 aliphatic heterocycles. The van der Waals surface area contributed by atoms with Crippen molar-refractivity contribution in [1.29, 1.82) is 0 Å². The minimum atomic E-state index is -1.36. The van der Waals surface area contributed by atoms with Crippen molar-refractivity contribution in [3.63, 3.8) is 0 Å². The Balaban J connectivity index is 1.28. The number of rotatable bonds is 15. The van der Waals surface area contributed by atoms with Gasteiger partial charge in [-0.15, -0.1) is 0 Å². The lowest BCUT2D eigenvalue weighted by atomic mass is 9.82. The topological polar surface area (TPSA) is 128 Å². The summed E-state index contributed by atoms with van der Waals surface area (Å²) in [6.07, 6.45) is 0.534. The van der Waals surface area contributed by atoms with Crippen molar-refractivity contribution < 1.29 is 42.5 Å². The van der Waals surface area contributed by atoms with E-state index in [0.717, 1.165) is 28.3 Å². The van der Waals surface area contributed by atoms with E-state index in [1.54, 1.807) is 4.90 Å². The van der Waals surface area contributed by atoms with Gasteiger partial charge in [0, 0.05) is 36.3 Å². The minimum absolute atomic E-state index is 0.0252. The number of benzene rings is 3. The van der Waals surface area contributed by atoms with Gasteiger partial charge in [-0.3, -0.25) is 14.4 Å². The van der Waals surface area contributed by atoms with Gasteiger partial charge in [-0.05, 0) is 72.6 Å². The van der Waals surface area contributed by atoms with Crippen LogP contribution < -0.4 is 15.4 Å². The number of carbonyl (C=O) groups excluding carboxylic acids is 2. The fourth-order valence-electron chi connectivity index (χ4n) is 6.43. The molecule has 0 radical (unpaired) electrons. The van der Waals surface area contributed by atoms with Crippen LogP contribution in [-0.4, -0.2) is 77.3 Å². The number of aryl methyl sites for hydroxylation is 2. The molecule has 9 nitrogen and oxygen atoms in total. The number of ether oxygens (including phenoxy) is 1. The van der Waals surface area contributed by atoms with Crippen LogP contribution in [0.1, 0.15) is 48.8 Å². The summed E-state index contributed by atoms with van der Waals surface area (Å²) in [5.41, 5.74) is 4.09. The second-order valence-corrected chi connectivity index (χ2v) is 12.9. The van der Waals surface area contributed by atoms with Crippen LogP contribution in [0.3, 0.4) is 0 Å². The van der Waals surface area contributed by atoms with Gasteiger partial charge in [-0.25, -0.2) is 8.78 Å². The number of piperazine rings is 1. The highest BCUT2D eigenvalue weighted by atomic mass is 35.5. The average molecular weight is 714 g/mol. The van der Waals surface area contributed by atoms with Gasteiger partial charge >= 0.3 is 5.97 Å². The molecule has 266 valence electrons. The smallest absolute Gasteiger partial charge is 0.305 e. The lowest BCUT2D eigenvalue weighted by Crippen LogP contribution is -2.62.